The summed E-state index contributed by atoms with van der Waals surface area (Å²) in [5.74, 6) is 3.05. The molecule has 1 aromatic rings. The summed E-state index contributed by atoms with van der Waals surface area (Å²) >= 11 is 0. The number of rotatable bonds is 2. The molecule has 6 rings (SSSR count). The highest BCUT2D eigenvalue weighted by Crippen LogP contribution is 2.44. The topological polar surface area (TPSA) is 61.4 Å². The van der Waals surface area contributed by atoms with E-state index in [0.717, 1.165) is 49.2 Å². The average molecular weight is 420 g/mol. The molecule has 2 fully saturated rings. The average Bonchev–Trinajstić information content (AvgIpc) is 3.37. The van der Waals surface area contributed by atoms with Gasteiger partial charge in [-0.2, -0.15) is 0 Å². The number of morpholine rings is 1. The minimum Gasteiger partial charge on any atom is -0.492 e. The minimum absolute atomic E-state index is 0.0710. The van der Waals surface area contributed by atoms with Crippen molar-refractivity contribution in [3.8, 4) is 0 Å². The van der Waals surface area contributed by atoms with Gasteiger partial charge in [-0.15, -0.1) is 5.48 Å². The van der Waals surface area contributed by atoms with Gasteiger partial charge in [-0.3, -0.25) is 0 Å². The summed E-state index contributed by atoms with van der Waals surface area (Å²) < 4.78 is 6.55. The number of guanidine groups is 1. The van der Waals surface area contributed by atoms with E-state index in [1.807, 2.05) is 6.92 Å². The molecule has 7 nitrogen and oxygen atoms in total. The zero-order valence-electron chi connectivity index (χ0n) is 18.0. The largest absolute Gasteiger partial charge is 0.492 e. The van der Waals surface area contributed by atoms with Gasteiger partial charge in [-0.1, -0.05) is 42.5 Å². The Morgan fingerprint density at radius 1 is 1.13 bits per heavy atom. The van der Waals surface area contributed by atoms with E-state index >= 15 is 0 Å². The zero-order valence-corrected chi connectivity index (χ0v) is 18.0. The summed E-state index contributed by atoms with van der Waals surface area (Å²) in [6.45, 7) is 8.70. The van der Waals surface area contributed by atoms with E-state index in [0.29, 0.717) is 6.61 Å². The first kappa shape index (κ1) is 19.0. The molecule has 4 heterocycles. The number of nitrogens with zero attached hydrogens (tertiary/aromatic N) is 3. The molecular formula is C24H29N5O2. The van der Waals surface area contributed by atoms with Crippen molar-refractivity contribution in [3.05, 3.63) is 70.7 Å². The predicted molar refractivity (Wildman–Crippen MR) is 119 cm³/mol. The zero-order chi connectivity index (χ0) is 20.9. The van der Waals surface area contributed by atoms with Crippen LogP contribution in [0, 0.1) is 0 Å². The van der Waals surface area contributed by atoms with Crippen LogP contribution in [0.1, 0.15) is 25.5 Å². The number of benzene rings is 1. The summed E-state index contributed by atoms with van der Waals surface area (Å²) in [5, 5.41) is 3.46. The van der Waals surface area contributed by atoms with Gasteiger partial charge in [0.15, 0.2) is 5.96 Å². The molecule has 162 valence electrons. The number of hydrogen-bond donors (Lipinski definition) is 2. The molecule has 0 radical (unpaired) electrons. The molecule has 1 aromatic carbocycles. The fourth-order valence-electron chi connectivity index (χ4n) is 5.45. The van der Waals surface area contributed by atoms with Crippen molar-refractivity contribution in [1.29, 1.82) is 0 Å². The quantitative estimate of drug-likeness (QED) is 0.766. The van der Waals surface area contributed by atoms with Crippen LogP contribution < -0.4 is 10.8 Å². The van der Waals surface area contributed by atoms with E-state index in [1.54, 1.807) is 0 Å². The van der Waals surface area contributed by atoms with E-state index in [2.05, 4.69) is 70.0 Å². The van der Waals surface area contributed by atoms with Crippen molar-refractivity contribution in [1.82, 2.24) is 20.6 Å². The maximum Gasteiger partial charge on any atom is 0.198 e. The molecule has 0 saturated carbocycles. The highest BCUT2D eigenvalue weighted by molar-refractivity contribution is 5.85. The number of ether oxygens (including phenoxy) is 1. The first-order chi connectivity index (χ1) is 15.2. The lowest BCUT2D eigenvalue weighted by molar-refractivity contribution is 0.0368. The third-order valence-corrected chi connectivity index (χ3v) is 6.92. The molecule has 5 aliphatic rings. The van der Waals surface area contributed by atoms with Gasteiger partial charge in [0.05, 0.1) is 18.1 Å². The van der Waals surface area contributed by atoms with Gasteiger partial charge in [-0.25, -0.2) is 4.99 Å². The second kappa shape index (κ2) is 7.43. The molecular weight excluding hydrogens is 390 g/mol. The number of hydrogen-bond acceptors (Lipinski definition) is 7. The van der Waals surface area contributed by atoms with E-state index < -0.39 is 0 Å². The van der Waals surface area contributed by atoms with Crippen LogP contribution in [-0.4, -0.2) is 66.7 Å². The molecule has 4 atom stereocenters. The van der Waals surface area contributed by atoms with Crippen LogP contribution in [0.3, 0.4) is 0 Å². The molecule has 0 spiro atoms. The van der Waals surface area contributed by atoms with Crippen LogP contribution in [0.4, 0.5) is 0 Å². The predicted octanol–water partition coefficient (Wildman–Crippen LogP) is 2.09. The van der Waals surface area contributed by atoms with Crippen LogP contribution in [0.2, 0.25) is 0 Å². The normalized spacial score (nSPS) is 32.1. The van der Waals surface area contributed by atoms with Crippen molar-refractivity contribution in [2.45, 2.75) is 38.0 Å². The molecule has 0 amide bonds. The van der Waals surface area contributed by atoms with E-state index in [-0.39, 0.29) is 24.2 Å². The summed E-state index contributed by atoms with van der Waals surface area (Å²) in [6, 6.07) is 11.1. The molecule has 7 heteroatoms. The summed E-state index contributed by atoms with van der Waals surface area (Å²) in [6.07, 6.45) is 4.43. The summed E-state index contributed by atoms with van der Waals surface area (Å²) in [4.78, 5) is 15.8. The third kappa shape index (κ3) is 2.98. The molecule has 2 N–H and O–H groups in total. The summed E-state index contributed by atoms with van der Waals surface area (Å²) in [5.41, 5.74) is 6.69. The van der Waals surface area contributed by atoms with E-state index in [9.17, 15) is 0 Å². The number of allylic oxidation sites excluding steroid dienone is 2. The van der Waals surface area contributed by atoms with Crippen molar-refractivity contribution in [3.63, 3.8) is 0 Å². The molecule has 1 aliphatic carbocycles. The van der Waals surface area contributed by atoms with Crippen molar-refractivity contribution in [2.75, 3.05) is 32.8 Å². The van der Waals surface area contributed by atoms with E-state index in [4.69, 9.17) is 14.6 Å². The molecule has 0 bridgehead atoms. The summed E-state index contributed by atoms with van der Waals surface area (Å²) in [7, 11) is 0. The fourth-order valence-corrected chi connectivity index (χ4v) is 5.45. The molecule has 4 unspecified atom stereocenters. The number of piperazine rings is 1. The molecule has 0 aromatic heterocycles. The number of hydroxylamine groups is 1. The van der Waals surface area contributed by atoms with Gasteiger partial charge in [0.2, 0.25) is 0 Å². The van der Waals surface area contributed by atoms with Crippen LogP contribution in [0.15, 0.2) is 70.1 Å². The first-order valence-electron chi connectivity index (χ1n) is 11.3. The Morgan fingerprint density at radius 3 is 2.68 bits per heavy atom. The van der Waals surface area contributed by atoms with Gasteiger partial charge >= 0.3 is 0 Å². The second-order valence-electron chi connectivity index (χ2n) is 8.79. The Balaban J connectivity index is 1.44. The monoisotopic (exact) mass is 419 g/mol. The van der Waals surface area contributed by atoms with Crippen molar-refractivity contribution >= 4 is 5.96 Å². The Labute approximate surface area is 183 Å². The highest BCUT2D eigenvalue weighted by atomic mass is 16.7. The van der Waals surface area contributed by atoms with Crippen LogP contribution >= 0.6 is 0 Å². The lowest BCUT2D eigenvalue weighted by Gasteiger charge is -2.46. The minimum atomic E-state index is 0.0710. The van der Waals surface area contributed by atoms with Gasteiger partial charge in [-0.05, 0) is 19.4 Å². The highest BCUT2D eigenvalue weighted by Gasteiger charge is 2.50. The Morgan fingerprint density at radius 2 is 1.94 bits per heavy atom. The Bertz CT molecular complexity index is 992. The fraction of sp³-hybridized carbons (Fsp3) is 0.458. The maximum atomic E-state index is 6.55. The van der Waals surface area contributed by atoms with E-state index in [1.165, 1.54) is 11.1 Å². The van der Waals surface area contributed by atoms with Gasteiger partial charge < -0.3 is 24.7 Å². The van der Waals surface area contributed by atoms with Crippen molar-refractivity contribution in [2.24, 2.45) is 4.99 Å². The van der Waals surface area contributed by atoms with Gasteiger partial charge in [0.1, 0.15) is 24.2 Å². The Hall–Kier alpha value is -2.77. The maximum absolute atomic E-state index is 6.55. The smallest absolute Gasteiger partial charge is 0.198 e. The molecule has 31 heavy (non-hydrogen) atoms. The third-order valence-electron chi connectivity index (χ3n) is 6.92. The number of aliphatic imine (C=N–C) groups is 1. The van der Waals surface area contributed by atoms with Crippen LogP contribution in [-0.2, 0) is 9.57 Å². The Kier molecular flexibility index (Phi) is 4.54. The van der Waals surface area contributed by atoms with Gasteiger partial charge in [0.25, 0.3) is 0 Å². The number of nitrogens with one attached hydrogen (secondary N) is 2. The lowest BCUT2D eigenvalue weighted by Crippen LogP contribution is -2.57. The molecule has 4 aliphatic heterocycles. The first-order valence-corrected chi connectivity index (χ1v) is 11.3. The van der Waals surface area contributed by atoms with Crippen molar-refractivity contribution < 1.29 is 9.57 Å². The second-order valence-corrected chi connectivity index (χ2v) is 8.79. The SMILES string of the molecule is CC1=C(C2=C3OCC(c4ccccc4)N4C(N5CCNCC5)=NC(C=C2)C34)C(C)NO1. The van der Waals surface area contributed by atoms with Crippen LogP contribution in [0.5, 0.6) is 0 Å². The van der Waals surface area contributed by atoms with Crippen LogP contribution in [0.25, 0.3) is 0 Å². The standard InChI is InChI=1S/C24H29N5O2/c1-15-21(16(2)31-27-15)18-8-9-19-22-23(18)30-14-20(17-6-4-3-5-7-17)29(22)24(26-19)28-12-10-25-11-13-28/h3-9,15,19-20,22,25,27H,10-14H2,1-2H3. The molecule has 2 saturated heterocycles. The lowest BCUT2D eigenvalue weighted by atomic mass is 9.87. The van der Waals surface area contributed by atoms with Gasteiger partial charge in [0, 0.05) is 37.3 Å².